The van der Waals surface area contributed by atoms with Crippen molar-refractivity contribution in [2.24, 2.45) is 0 Å². The van der Waals surface area contributed by atoms with Crippen molar-refractivity contribution in [1.29, 1.82) is 0 Å². The molecule has 1 atom stereocenters. The van der Waals surface area contributed by atoms with E-state index in [1.165, 1.54) is 0 Å². The van der Waals surface area contributed by atoms with Crippen molar-refractivity contribution >= 4 is 22.5 Å². The van der Waals surface area contributed by atoms with Gasteiger partial charge in [-0.05, 0) is 37.8 Å². The molecule has 4 aromatic rings. The van der Waals surface area contributed by atoms with Crippen LogP contribution in [0.4, 0.5) is 0 Å². The Bertz CT molecular complexity index is 1290. The zero-order chi connectivity index (χ0) is 22.6. The Kier molecular flexibility index (Phi) is 4.91. The highest BCUT2D eigenvalue weighted by molar-refractivity contribution is 5.89. The Hall–Kier alpha value is -3.15. The molecule has 0 bridgehead atoms. The molecule has 3 aromatic heterocycles. The van der Waals surface area contributed by atoms with E-state index in [1.54, 1.807) is 6.92 Å². The number of benzene rings is 1. The third kappa shape index (κ3) is 3.40. The van der Waals surface area contributed by atoms with E-state index in [2.05, 4.69) is 37.9 Å². The van der Waals surface area contributed by atoms with Crippen LogP contribution in [0.3, 0.4) is 0 Å². The number of nitrogens with zero attached hydrogens (tertiary/aromatic N) is 3. The summed E-state index contributed by atoms with van der Waals surface area (Å²) in [6, 6.07) is 10.2. The number of aliphatic carboxylic acids is 1. The summed E-state index contributed by atoms with van der Waals surface area (Å²) in [5, 5.41) is 16.3. The summed E-state index contributed by atoms with van der Waals surface area (Å²) in [4.78, 5) is 20.6. The lowest BCUT2D eigenvalue weighted by Crippen LogP contribution is -2.35. The van der Waals surface area contributed by atoms with E-state index in [9.17, 15) is 9.90 Å². The van der Waals surface area contributed by atoms with Gasteiger partial charge in [0.15, 0.2) is 5.65 Å². The number of hydrogen-bond acceptors (Lipinski definition) is 3. The Morgan fingerprint density at radius 1 is 1.16 bits per heavy atom. The smallest absolute Gasteiger partial charge is 0.313 e. The Labute approximate surface area is 182 Å². The van der Waals surface area contributed by atoms with Gasteiger partial charge in [-0.2, -0.15) is 5.10 Å². The quantitative estimate of drug-likeness (QED) is 0.440. The predicted octanol–water partition coefficient (Wildman–Crippen LogP) is 5.63. The number of aromatic amines is 1. The molecule has 1 aromatic carbocycles. The summed E-state index contributed by atoms with van der Waals surface area (Å²) >= 11 is 0. The van der Waals surface area contributed by atoms with Crippen molar-refractivity contribution in [2.75, 3.05) is 0 Å². The molecule has 4 rings (SSSR count). The Morgan fingerprint density at radius 2 is 1.90 bits per heavy atom. The number of hydrogen-bond donors (Lipinski definition) is 2. The van der Waals surface area contributed by atoms with Crippen LogP contribution in [0.15, 0.2) is 36.5 Å². The summed E-state index contributed by atoms with van der Waals surface area (Å²) in [5.41, 5.74) is 4.61. The average molecular weight is 419 g/mol. The molecule has 31 heavy (non-hydrogen) atoms. The maximum absolute atomic E-state index is 12.6. The van der Waals surface area contributed by atoms with E-state index >= 15 is 0 Å². The van der Waals surface area contributed by atoms with Gasteiger partial charge >= 0.3 is 5.97 Å². The van der Waals surface area contributed by atoms with Gasteiger partial charge in [-0.15, -0.1) is 0 Å². The van der Waals surface area contributed by atoms with E-state index in [-0.39, 0.29) is 5.41 Å². The monoisotopic (exact) mass is 418 g/mol. The molecule has 0 radical (unpaired) electrons. The number of carboxylic acids is 1. The molecule has 3 heterocycles. The largest absolute Gasteiger partial charge is 0.481 e. The van der Waals surface area contributed by atoms with Crippen LogP contribution in [0.25, 0.3) is 27.8 Å². The lowest BCUT2D eigenvalue weighted by atomic mass is 9.76. The minimum Gasteiger partial charge on any atom is -0.481 e. The van der Waals surface area contributed by atoms with Gasteiger partial charge in [0, 0.05) is 40.0 Å². The van der Waals surface area contributed by atoms with E-state index in [0.717, 1.165) is 51.2 Å². The molecule has 0 aliphatic heterocycles. The summed E-state index contributed by atoms with van der Waals surface area (Å²) < 4.78 is 1.84. The van der Waals surface area contributed by atoms with Crippen molar-refractivity contribution in [1.82, 2.24) is 19.6 Å². The maximum Gasteiger partial charge on any atom is 0.313 e. The zero-order valence-electron chi connectivity index (χ0n) is 19.1. The van der Waals surface area contributed by atoms with Crippen LogP contribution >= 0.6 is 0 Å². The number of carbonyl (C=O) groups is 1. The molecule has 1 unspecified atom stereocenters. The third-order valence-electron chi connectivity index (χ3n) is 6.15. The minimum absolute atomic E-state index is 0.151. The number of carboxylic acid groups (broad SMARTS) is 1. The van der Waals surface area contributed by atoms with Crippen molar-refractivity contribution in [3.05, 3.63) is 53.5 Å². The number of aromatic nitrogens is 4. The summed E-state index contributed by atoms with van der Waals surface area (Å²) in [5.74, 6) is -0.844. The van der Waals surface area contributed by atoms with Crippen LogP contribution in [-0.4, -0.2) is 30.7 Å². The molecule has 0 spiro atoms. The van der Waals surface area contributed by atoms with Crippen molar-refractivity contribution in [3.63, 3.8) is 0 Å². The van der Waals surface area contributed by atoms with Crippen LogP contribution < -0.4 is 0 Å². The van der Waals surface area contributed by atoms with Gasteiger partial charge in [-0.3, -0.25) is 4.79 Å². The number of aryl methyl sites for hydroxylation is 1. The first-order valence-corrected chi connectivity index (χ1v) is 10.8. The molecule has 0 saturated carbocycles. The third-order valence-corrected chi connectivity index (χ3v) is 6.15. The highest BCUT2D eigenvalue weighted by atomic mass is 16.4. The van der Waals surface area contributed by atoms with E-state index in [4.69, 9.17) is 10.1 Å². The first kappa shape index (κ1) is 21.1. The predicted molar refractivity (Wildman–Crippen MR) is 124 cm³/mol. The van der Waals surface area contributed by atoms with E-state index in [0.29, 0.717) is 6.42 Å². The fraction of sp³-hybridized carbons (Fsp3) is 0.400. The van der Waals surface area contributed by atoms with Gasteiger partial charge in [0.05, 0.1) is 16.8 Å². The molecule has 6 nitrogen and oxygen atoms in total. The fourth-order valence-electron chi connectivity index (χ4n) is 4.45. The summed E-state index contributed by atoms with van der Waals surface area (Å²) in [7, 11) is 0. The fourth-order valence-corrected chi connectivity index (χ4v) is 4.45. The maximum atomic E-state index is 12.6. The molecule has 0 amide bonds. The molecular weight excluding hydrogens is 388 g/mol. The number of nitrogens with one attached hydrogen (secondary N) is 1. The van der Waals surface area contributed by atoms with Crippen molar-refractivity contribution in [3.8, 4) is 11.3 Å². The topological polar surface area (TPSA) is 83.3 Å². The summed E-state index contributed by atoms with van der Waals surface area (Å²) in [6.07, 6.45) is 3.18. The van der Waals surface area contributed by atoms with Gasteiger partial charge in [0.2, 0.25) is 0 Å². The second-order valence-electron chi connectivity index (χ2n) is 9.64. The van der Waals surface area contributed by atoms with Gasteiger partial charge in [-0.1, -0.05) is 46.2 Å². The molecule has 6 heteroatoms. The molecular formula is C25H30N4O2. The van der Waals surface area contributed by atoms with E-state index < -0.39 is 11.4 Å². The van der Waals surface area contributed by atoms with Gasteiger partial charge in [0.25, 0.3) is 0 Å². The van der Waals surface area contributed by atoms with E-state index in [1.807, 2.05) is 42.8 Å². The van der Waals surface area contributed by atoms with Crippen LogP contribution in [0.1, 0.15) is 64.4 Å². The first-order chi connectivity index (χ1) is 14.6. The normalized spacial score (nSPS) is 14.3. The van der Waals surface area contributed by atoms with Crippen LogP contribution in [0.5, 0.6) is 0 Å². The SMILES string of the molecule is CCCC(C)(C(=O)O)c1c(C)nc2cc(C(C)(C)C)nn2c1-c1ccc2cc[nH]c2c1. The standard InChI is InChI=1S/C25H30N4O2/c1-7-11-25(6,23(30)31)21-15(2)27-20-14-19(24(3,4)5)28-29(20)22(21)17-9-8-16-10-12-26-18(16)13-17/h8-10,12-14,26H,7,11H2,1-6H3,(H,30,31). The van der Waals surface area contributed by atoms with Crippen LogP contribution in [0, 0.1) is 6.92 Å². The lowest BCUT2D eigenvalue weighted by Gasteiger charge is -2.29. The zero-order valence-corrected chi connectivity index (χ0v) is 19.1. The van der Waals surface area contributed by atoms with Crippen molar-refractivity contribution < 1.29 is 9.90 Å². The minimum atomic E-state index is -1.08. The summed E-state index contributed by atoms with van der Waals surface area (Å²) in [6.45, 7) is 12.1. The molecule has 0 saturated heterocycles. The highest BCUT2D eigenvalue weighted by Crippen LogP contribution is 2.40. The molecule has 0 aliphatic rings. The first-order valence-electron chi connectivity index (χ1n) is 10.8. The number of fused-ring (bicyclic) bond motifs is 2. The lowest BCUT2D eigenvalue weighted by molar-refractivity contribution is -0.143. The van der Waals surface area contributed by atoms with Crippen molar-refractivity contribution in [2.45, 2.75) is 65.2 Å². The number of rotatable bonds is 5. The van der Waals surface area contributed by atoms with Gasteiger partial charge < -0.3 is 10.1 Å². The van der Waals surface area contributed by atoms with Gasteiger partial charge in [0.1, 0.15) is 0 Å². The van der Waals surface area contributed by atoms with Crippen LogP contribution in [-0.2, 0) is 15.6 Å². The molecule has 0 aliphatic carbocycles. The van der Waals surface area contributed by atoms with Gasteiger partial charge in [-0.25, -0.2) is 9.50 Å². The molecule has 162 valence electrons. The molecule has 0 fully saturated rings. The average Bonchev–Trinajstić information content (AvgIpc) is 3.32. The highest BCUT2D eigenvalue weighted by Gasteiger charge is 2.40. The van der Waals surface area contributed by atoms with Crippen LogP contribution in [0.2, 0.25) is 0 Å². The Morgan fingerprint density at radius 3 is 2.55 bits per heavy atom. The Balaban J connectivity index is 2.14. The molecule has 2 N–H and O–H groups in total. The second-order valence-corrected chi connectivity index (χ2v) is 9.64. The second kappa shape index (κ2) is 7.22. The number of H-pyrrole nitrogens is 1.